The highest BCUT2D eigenvalue weighted by atomic mass is 35.5. The first-order valence-electron chi connectivity index (χ1n) is 5.89. The van der Waals surface area contributed by atoms with E-state index in [1.54, 1.807) is 0 Å². The molecule has 0 amide bonds. The van der Waals surface area contributed by atoms with Crippen molar-refractivity contribution in [3.8, 4) is 0 Å². The molecule has 2 atom stereocenters. The van der Waals surface area contributed by atoms with Gasteiger partial charge in [-0.3, -0.25) is 0 Å². The number of hydrogen-bond donors (Lipinski definition) is 1. The Hall–Kier alpha value is -0.850. The summed E-state index contributed by atoms with van der Waals surface area (Å²) < 4.78 is 42.6. The lowest BCUT2D eigenvalue weighted by atomic mass is 9.92. The molecule has 2 rings (SSSR count). The summed E-state index contributed by atoms with van der Waals surface area (Å²) in [5.41, 5.74) is -0.849. The molecule has 3 nitrogen and oxygen atoms in total. The molecule has 19 heavy (non-hydrogen) atoms. The second-order valence-corrected chi connectivity index (χ2v) is 4.85. The lowest BCUT2D eigenvalue weighted by Gasteiger charge is -2.27. The number of hydrogen-bond acceptors (Lipinski definition) is 3. The van der Waals surface area contributed by atoms with E-state index in [1.165, 1.54) is 6.07 Å². The van der Waals surface area contributed by atoms with Crippen molar-refractivity contribution in [3.05, 3.63) is 28.5 Å². The number of aliphatic hydroxyl groups excluding tert-OH is 1. The Kier molecular flexibility index (Phi) is 4.32. The third kappa shape index (κ3) is 3.38. The number of nitrogens with zero attached hydrogens (tertiary/aromatic N) is 1. The largest absolute Gasteiger partial charge is 0.433 e. The van der Waals surface area contributed by atoms with Crippen LogP contribution >= 0.6 is 11.6 Å². The highest BCUT2D eigenvalue weighted by Crippen LogP contribution is 2.35. The topological polar surface area (TPSA) is 42.4 Å². The van der Waals surface area contributed by atoms with Gasteiger partial charge in [0.1, 0.15) is 10.8 Å². The zero-order valence-electron chi connectivity index (χ0n) is 9.95. The van der Waals surface area contributed by atoms with Gasteiger partial charge in [-0.2, -0.15) is 13.2 Å². The van der Waals surface area contributed by atoms with Crippen molar-refractivity contribution in [1.29, 1.82) is 0 Å². The van der Waals surface area contributed by atoms with Gasteiger partial charge in [-0.25, -0.2) is 4.98 Å². The molecule has 1 aliphatic rings. The lowest BCUT2D eigenvalue weighted by Crippen LogP contribution is -2.24. The molecule has 1 aliphatic heterocycles. The maximum absolute atomic E-state index is 12.5. The van der Waals surface area contributed by atoms with Crippen LogP contribution in [0.4, 0.5) is 13.2 Å². The van der Waals surface area contributed by atoms with Crippen LogP contribution in [-0.4, -0.2) is 23.3 Å². The van der Waals surface area contributed by atoms with Crippen molar-refractivity contribution >= 4 is 11.6 Å². The maximum atomic E-state index is 12.5. The van der Waals surface area contributed by atoms with Crippen LogP contribution in [0, 0.1) is 5.92 Å². The SMILES string of the molecule is OC(c1ccc(C(F)(F)F)nc1Cl)C1CCCOC1. The number of halogens is 4. The zero-order valence-corrected chi connectivity index (χ0v) is 10.7. The minimum absolute atomic E-state index is 0.162. The van der Waals surface area contributed by atoms with Gasteiger partial charge in [0.2, 0.25) is 0 Å². The maximum Gasteiger partial charge on any atom is 0.433 e. The van der Waals surface area contributed by atoms with Crippen molar-refractivity contribution in [1.82, 2.24) is 4.98 Å². The Morgan fingerprint density at radius 2 is 2.16 bits per heavy atom. The first-order chi connectivity index (χ1) is 8.89. The first kappa shape index (κ1) is 14.6. The molecular weight excluding hydrogens is 283 g/mol. The monoisotopic (exact) mass is 295 g/mol. The molecule has 106 valence electrons. The minimum Gasteiger partial charge on any atom is -0.388 e. The van der Waals surface area contributed by atoms with Crippen molar-refractivity contribution in [3.63, 3.8) is 0 Å². The van der Waals surface area contributed by atoms with Gasteiger partial charge < -0.3 is 9.84 Å². The molecule has 1 N–H and O–H groups in total. The Bertz CT molecular complexity index is 447. The summed E-state index contributed by atoms with van der Waals surface area (Å²) in [6, 6.07) is 2.01. The Morgan fingerprint density at radius 3 is 2.68 bits per heavy atom. The van der Waals surface area contributed by atoms with Crippen LogP contribution in [0.1, 0.15) is 30.2 Å². The number of aromatic nitrogens is 1. The normalized spacial score (nSPS) is 22.3. The smallest absolute Gasteiger partial charge is 0.388 e. The van der Waals surface area contributed by atoms with Crippen LogP contribution in [0.2, 0.25) is 5.15 Å². The molecule has 0 bridgehead atoms. The molecule has 1 fully saturated rings. The van der Waals surface area contributed by atoms with Crippen molar-refractivity contribution in [2.45, 2.75) is 25.1 Å². The van der Waals surface area contributed by atoms with Gasteiger partial charge >= 0.3 is 6.18 Å². The molecule has 2 heterocycles. The second kappa shape index (κ2) is 5.64. The molecule has 1 aromatic rings. The highest BCUT2D eigenvalue weighted by molar-refractivity contribution is 6.30. The molecule has 1 saturated heterocycles. The van der Waals surface area contributed by atoms with E-state index in [4.69, 9.17) is 16.3 Å². The summed E-state index contributed by atoms with van der Waals surface area (Å²) in [5.74, 6) is -0.162. The number of pyridine rings is 1. The molecule has 1 aromatic heterocycles. The fourth-order valence-electron chi connectivity index (χ4n) is 2.09. The van der Waals surface area contributed by atoms with E-state index < -0.39 is 18.0 Å². The Morgan fingerprint density at radius 1 is 1.42 bits per heavy atom. The van der Waals surface area contributed by atoms with Crippen LogP contribution < -0.4 is 0 Å². The number of rotatable bonds is 2. The zero-order chi connectivity index (χ0) is 14.0. The standard InChI is InChI=1S/C12H13ClF3NO2/c13-11-8(3-4-9(17-11)12(14,15)16)10(18)7-2-1-5-19-6-7/h3-4,7,10,18H,1-2,5-6H2. The molecule has 2 unspecified atom stereocenters. The van der Waals surface area contributed by atoms with Gasteiger partial charge in [-0.1, -0.05) is 17.7 Å². The number of alkyl halides is 3. The van der Waals surface area contributed by atoms with E-state index in [0.29, 0.717) is 13.2 Å². The van der Waals surface area contributed by atoms with Gasteiger partial charge in [0, 0.05) is 18.1 Å². The summed E-state index contributed by atoms with van der Waals surface area (Å²) in [6.07, 6.45) is -3.94. The van der Waals surface area contributed by atoms with E-state index in [0.717, 1.165) is 18.9 Å². The minimum atomic E-state index is -4.54. The molecule has 7 heteroatoms. The average molecular weight is 296 g/mol. The van der Waals surface area contributed by atoms with Crippen LogP contribution in [-0.2, 0) is 10.9 Å². The van der Waals surface area contributed by atoms with E-state index in [9.17, 15) is 18.3 Å². The first-order valence-corrected chi connectivity index (χ1v) is 6.27. The van der Waals surface area contributed by atoms with Gasteiger partial charge in [0.15, 0.2) is 0 Å². The third-order valence-electron chi connectivity index (χ3n) is 3.13. The van der Waals surface area contributed by atoms with Crippen molar-refractivity contribution in [2.24, 2.45) is 5.92 Å². The summed E-state index contributed by atoms with van der Waals surface area (Å²) in [7, 11) is 0. The predicted molar refractivity (Wildman–Crippen MR) is 62.8 cm³/mol. The van der Waals surface area contributed by atoms with Crippen LogP contribution in [0.5, 0.6) is 0 Å². The second-order valence-electron chi connectivity index (χ2n) is 4.50. The predicted octanol–water partition coefficient (Wildman–Crippen LogP) is 3.21. The summed E-state index contributed by atoms with van der Waals surface area (Å²) in [5, 5.41) is 9.82. The summed E-state index contributed by atoms with van der Waals surface area (Å²) >= 11 is 5.74. The van der Waals surface area contributed by atoms with Crippen molar-refractivity contribution in [2.75, 3.05) is 13.2 Å². The van der Waals surface area contributed by atoms with E-state index in [2.05, 4.69) is 4.98 Å². The van der Waals surface area contributed by atoms with E-state index in [1.807, 2.05) is 0 Å². The van der Waals surface area contributed by atoms with Gasteiger partial charge in [-0.05, 0) is 18.9 Å². The molecule has 0 spiro atoms. The Labute approximate surface area is 113 Å². The average Bonchev–Trinajstić information content (AvgIpc) is 2.38. The van der Waals surface area contributed by atoms with Crippen molar-refractivity contribution < 1.29 is 23.0 Å². The summed E-state index contributed by atoms with van der Waals surface area (Å²) in [4.78, 5) is 3.30. The van der Waals surface area contributed by atoms with Crippen LogP contribution in [0.3, 0.4) is 0 Å². The van der Waals surface area contributed by atoms with Crippen LogP contribution in [0.25, 0.3) is 0 Å². The Balaban J connectivity index is 2.20. The van der Waals surface area contributed by atoms with Crippen LogP contribution in [0.15, 0.2) is 12.1 Å². The molecule has 0 aromatic carbocycles. The van der Waals surface area contributed by atoms with Gasteiger partial charge in [-0.15, -0.1) is 0 Å². The number of ether oxygens (including phenoxy) is 1. The van der Waals surface area contributed by atoms with E-state index >= 15 is 0 Å². The summed E-state index contributed by atoms with van der Waals surface area (Å²) in [6.45, 7) is 1.01. The fraction of sp³-hybridized carbons (Fsp3) is 0.583. The molecular formula is C12H13ClF3NO2. The molecule has 0 aliphatic carbocycles. The quantitative estimate of drug-likeness (QED) is 0.852. The van der Waals surface area contributed by atoms with Gasteiger partial charge in [0.05, 0.1) is 12.7 Å². The van der Waals surface area contributed by atoms with Gasteiger partial charge in [0.25, 0.3) is 0 Å². The molecule has 0 radical (unpaired) electrons. The molecule has 0 saturated carbocycles. The highest BCUT2D eigenvalue weighted by Gasteiger charge is 2.34. The fourth-order valence-corrected chi connectivity index (χ4v) is 2.36. The lowest BCUT2D eigenvalue weighted by molar-refractivity contribution is -0.141. The third-order valence-corrected chi connectivity index (χ3v) is 3.43. The number of aliphatic hydroxyl groups is 1. The van der Waals surface area contributed by atoms with E-state index in [-0.39, 0.29) is 16.6 Å².